The molecule has 4 aromatic rings. The maximum absolute atomic E-state index is 12.6. The van der Waals surface area contributed by atoms with Gasteiger partial charge >= 0.3 is 0 Å². The third kappa shape index (κ3) is 6.30. The Morgan fingerprint density at radius 1 is 0.971 bits per heavy atom. The fourth-order valence-corrected chi connectivity index (χ4v) is 4.17. The maximum atomic E-state index is 12.6. The summed E-state index contributed by atoms with van der Waals surface area (Å²) in [5.41, 5.74) is 5.22. The molecule has 0 unspecified atom stereocenters. The monoisotopic (exact) mass is 469 g/mol. The second-order valence-electron chi connectivity index (χ2n) is 10.1. The topological polar surface area (TPSA) is 56.2 Å². The molecule has 0 saturated heterocycles. The molecule has 0 atom stereocenters. The van der Waals surface area contributed by atoms with E-state index in [2.05, 4.69) is 61.0 Å². The highest BCUT2D eigenvalue weighted by atomic mass is 16.5. The fraction of sp³-hybridized carbons (Fsp3) is 0.333. The van der Waals surface area contributed by atoms with Gasteiger partial charge < -0.3 is 14.6 Å². The Balaban J connectivity index is 1.34. The molecule has 0 aliphatic rings. The average molecular weight is 470 g/mol. The molecule has 5 nitrogen and oxygen atoms in total. The summed E-state index contributed by atoms with van der Waals surface area (Å²) in [4.78, 5) is 17.4. The predicted octanol–water partition coefficient (Wildman–Crippen LogP) is 6.43. The number of carbonyl (C=O) groups is 1. The van der Waals surface area contributed by atoms with E-state index in [1.54, 1.807) is 0 Å². The lowest BCUT2D eigenvalue weighted by Crippen LogP contribution is -2.25. The number of nitrogens with one attached hydrogen (secondary N) is 1. The molecular weight excluding hydrogens is 434 g/mol. The number of rotatable bonds is 9. The average Bonchev–Trinajstić information content (AvgIpc) is 3.19. The van der Waals surface area contributed by atoms with Crippen molar-refractivity contribution in [2.45, 2.75) is 59.0 Å². The Morgan fingerprint density at radius 2 is 1.74 bits per heavy atom. The number of nitrogens with zero attached hydrogens (tertiary/aromatic N) is 2. The molecule has 0 saturated carbocycles. The minimum absolute atomic E-state index is 0.0850. The number of imidazole rings is 1. The van der Waals surface area contributed by atoms with Crippen molar-refractivity contribution in [3.05, 3.63) is 95.3 Å². The minimum atomic E-state index is -0.0850. The first-order chi connectivity index (χ1) is 16.8. The summed E-state index contributed by atoms with van der Waals surface area (Å²) < 4.78 is 8.18. The van der Waals surface area contributed by atoms with Crippen LogP contribution < -0.4 is 10.1 Å². The van der Waals surface area contributed by atoms with Crippen LogP contribution in [0, 0.1) is 6.92 Å². The molecule has 0 aliphatic heterocycles. The van der Waals surface area contributed by atoms with Crippen molar-refractivity contribution in [2.75, 3.05) is 6.61 Å². The van der Waals surface area contributed by atoms with Crippen molar-refractivity contribution in [2.24, 2.45) is 0 Å². The van der Waals surface area contributed by atoms with Gasteiger partial charge in [0.05, 0.1) is 24.2 Å². The number of hydrogen-bond acceptors (Lipinski definition) is 3. The standard InChI is InChI=1S/C30H35N3O2/c1-22-10-9-11-23(20-22)29(34)31-21-28-32-26-12-5-6-13-27(26)33(28)18-7-8-19-35-25-16-14-24(15-17-25)30(2,3)4/h5-6,9-17,20H,7-8,18-19,21H2,1-4H3,(H,31,34). The third-order valence-corrected chi connectivity index (χ3v) is 6.19. The normalized spacial score (nSPS) is 11.5. The van der Waals surface area contributed by atoms with Crippen LogP contribution in [0.15, 0.2) is 72.8 Å². The van der Waals surface area contributed by atoms with Crippen molar-refractivity contribution >= 4 is 16.9 Å². The highest BCUT2D eigenvalue weighted by Crippen LogP contribution is 2.24. The van der Waals surface area contributed by atoms with Crippen LogP contribution in [-0.2, 0) is 18.5 Å². The van der Waals surface area contributed by atoms with Crippen LogP contribution in [0.25, 0.3) is 11.0 Å². The van der Waals surface area contributed by atoms with Gasteiger partial charge in [0, 0.05) is 12.1 Å². The highest BCUT2D eigenvalue weighted by Gasteiger charge is 2.14. The molecule has 3 aromatic carbocycles. The number of carbonyl (C=O) groups excluding carboxylic acids is 1. The van der Waals surface area contributed by atoms with Crippen LogP contribution in [0.5, 0.6) is 5.75 Å². The zero-order chi connectivity index (χ0) is 24.8. The molecular formula is C30H35N3O2. The molecule has 35 heavy (non-hydrogen) atoms. The van der Waals surface area contributed by atoms with Gasteiger partial charge in [-0.2, -0.15) is 0 Å². The molecule has 1 aromatic heterocycles. The predicted molar refractivity (Wildman–Crippen MR) is 142 cm³/mol. The molecule has 0 fully saturated rings. The van der Waals surface area contributed by atoms with Gasteiger partial charge in [-0.05, 0) is 67.1 Å². The van der Waals surface area contributed by atoms with Gasteiger partial charge in [-0.1, -0.05) is 62.7 Å². The van der Waals surface area contributed by atoms with Crippen molar-refractivity contribution in [3.8, 4) is 5.75 Å². The molecule has 1 amide bonds. The molecule has 0 bridgehead atoms. The SMILES string of the molecule is Cc1cccc(C(=O)NCc2nc3ccccc3n2CCCCOc2ccc(C(C)(C)C)cc2)c1. The molecule has 1 N–H and O–H groups in total. The van der Waals surface area contributed by atoms with E-state index in [4.69, 9.17) is 9.72 Å². The summed E-state index contributed by atoms with van der Waals surface area (Å²) in [6, 6.07) is 24.1. The van der Waals surface area contributed by atoms with E-state index in [0.717, 1.165) is 47.6 Å². The largest absolute Gasteiger partial charge is 0.494 e. The van der Waals surface area contributed by atoms with Crippen LogP contribution in [0.2, 0.25) is 0 Å². The van der Waals surface area contributed by atoms with E-state index in [-0.39, 0.29) is 11.3 Å². The second-order valence-corrected chi connectivity index (χ2v) is 10.1. The van der Waals surface area contributed by atoms with Crippen LogP contribution in [0.4, 0.5) is 0 Å². The summed E-state index contributed by atoms with van der Waals surface area (Å²) in [5, 5.41) is 3.03. The zero-order valence-corrected chi connectivity index (χ0v) is 21.2. The Bertz CT molecular complexity index is 1280. The molecule has 0 spiro atoms. The number of fused-ring (bicyclic) bond motifs is 1. The molecule has 4 rings (SSSR count). The number of aromatic nitrogens is 2. The molecule has 0 aliphatic carbocycles. The third-order valence-electron chi connectivity index (χ3n) is 6.19. The fourth-order valence-electron chi connectivity index (χ4n) is 4.17. The second kappa shape index (κ2) is 10.8. The number of amides is 1. The zero-order valence-electron chi connectivity index (χ0n) is 21.2. The smallest absolute Gasteiger partial charge is 0.251 e. The van der Waals surface area contributed by atoms with Crippen molar-refractivity contribution in [1.29, 1.82) is 0 Å². The number of benzene rings is 3. The number of ether oxygens (including phenoxy) is 1. The molecule has 1 heterocycles. The number of hydrogen-bond donors (Lipinski definition) is 1. The number of aryl methyl sites for hydroxylation is 2. The van der Waals surface area contributed by atoms with E-state index in [1.165, 1.54) is 5.56 Å². The highest BCUT2D eigenvalue weighted by molar-refractivity contribution is 5.94. The van der Waals surface area contributed by atoms with E-state index >= 15 is 0 Å². The Morgan fingerprint density at radius 3 is 2.49 bits per heavy atom. The van der Waals surface area contributed by atoms with Gasteiger partial charge in [0.25, 0.3) is 5.91 Å². The summed E-state index contributed by atoms with van der Waals surface area (Å²) in [7, 11) is 0. The summed E-state index contributed by atoms with van der Waals surface area (Å²) >= 11 is 0. The molecule has 182 valence electrons. The van der Waals surface area contributed by atoms with Crippen molar-refractivity contribution < 1.29 is 9.53 Å². The first kappa shape index (κ1) is 24.5. The summed E-state index contributed by atoms with van der Waals surface area (Å²) in [5.74, 6) is 1.69. The van der Waals surface area contributed by atoms with Crippen molar-refractivity contribution in [1.82, 2.24) is 14.9 Å². The molecule has 0 radical (unpaired) electrons. The Labute approximate surface area is 208 Å². The van der Waals surface area contributed by atoms with E-state index in [1.807, 2.05) is 49.4 Å². The van der Waals surface area contributed by atoms with Gasteiger partial charge in [0.1, 0.15) is 11.6 Å². The van der Waals surface area contributed by atoms with Gasteiger partial charge in [-0.25, -0.2) is 4.98 Å². The Kier molecular flexibility index (Phi) is 7.54. The number of para-hydroxylation sites is 2. The Hall–Kier alpha value is -3.60. The summed E-state index contributed by atoms with van der Waals surface area (Å²) in [6.45, 7) is 10.5. The van der Waals surface area contributed by atoms with E-state index in [9.17, 15) is 4.79 Å². The van der Waals surface area contributed by atoms with E-state index < -0.39 is 0 Å². The summed E-state index contributed by atoms with van der Waals surface area (Å²) in [6.07, 6.45) is 1.89. The van der Waals surface area contributed by atoms with Crippen LogP contribution in [-0.4, -0.2) is 22.1 Å². The minimum Gasteiger partial charge on any atom is -0.494 e. The van der Waals surface area contributed by atoms with Crippen LogP contribution >= 0.6 is 0 Å². The quantitative estimate of drug-likeness (QED) is 0.287. The van der Waals surface area contributed by atoms with Crippen LogP contribution in [0.3, 0.4) is 0 Å². The lowest BCUT2D eigenvalue weighted by Gasteiger charge is -2.19. The van der Waals surface area contributed by atoms with Gasteiger partial charge in [0.15, 0.2) is 0 Å². The first-order valence-electron chi connectivity index (χ1n) is 12.3. The lowest BCUT2D eigenvalue weighted by atomic mass is 9.87. The lowest BCUT2D eigenvalue weighted by molar-refractivity contribution is 0.0949. The number of unbranched alkanes of at least 4 members (excludes halogenated alkanes) is 1. The molecule has 5 heteroatoms. The van der Waals surface area contributed by atoms with Crippen molar-refractivity contribution in [3.63, 3.8) is 0 Å². The maximum Gasteiger partial charge on any atom is 0.251 e. The van der Waals surface area contributed by atoms with E-state index in [0.29, 0.717) is 18.7 Å². The van der Waals surface area contributed by atoms with Gasteiger partial charge in [0.2, 0.25) is 0 Å². The first-order valence-corrected chi connectivity index (χ1v) is 12.3. The van der Waals surface area contributed by atoms with Gasteiger partial charge in [-0.3, -0.25) is 4.79 Å². The van der Waals surface area contributed by atoms with Crippen LogP contribution in [0.1, 0.15) is 60.9 Å². The van der Waals surface area contributed by atoms with Gasteiger partial charge in [-0.15, -0.1) is 0 Å².